The van der Waals surface area contributed by atoms with Gasteiger partial charge in [0.25, 0.3) is 0 Å². The lowest BCUT2D eigenvalue weighted by Crippen LogP contribution is -2.59. The van der Waals surface area contributed by atoms with Gasteiger partial charge >= 0.3 is 11.9 Å². The fraction of sp³-hybridized carbons (Fsp3) is 0.836. The van der Waals surface area contributed by atoms with E-state index in [0.717, 1.165) is 76.3 Å². The van der Waals surface area contributed by atoms with Gasteiger partial charge in [0.1, 0.15) is 55.4 Å². The third-order valence-corrected chi connectivity index (χ3v) is 14.3. The number of phenolic OH excluding ortho intramolecular Hbond substituents is 3. The number of benzene rings is 1. The fourth-order valence-corrected chi connectivity index (χ4v) is 9.20. The maximum absolute atomic E-state index is 11.9. The van der Waals surface area contributed by atoms with Crippen molar-refractivity contribution in [3.8, 4) is 17.2 Å². The van der Waals surface area contributed by atoms with Crippen LogP contribution in [-0.2, 0) is 28.5 Å². The van der Waals surface area contributed by atoms with Crippen LogP contribution >= 0.6 is 0 Å². The number of rotatable bonds is 43. The molecule has 9 atom stereocenters. The zero-order valence-corrected chi connectivity index (χ0v) is 48.4. The maximum Gasteiger partial charge on any atom is 0.338 e. The molecule has 17 nitrogen and oxygen atoms in total. The van der Waals surface area contributed by atoms with E-state index in [9.17, 15) is 55.5 Å². The molecule has 2 fully saturated rings. The summed E-state index contributed by atoms with van der Waals surface area (Å²) in [7, 11) is 0. The molecule has 0 saturated carbocycles. The van der Waals surface area contributed by atoms with E-state index >= 15 is 0 Å². The molecule has 1 aromatic carbocycles. The Bertz CT molecular complexity index is 1590. The minimum absolute atomic E-state index is 0.0221. The van der Waals surface area contributed by atoms with Gasteiger partial charge in [-0.15, -0.1) is 0 Å². The topological polar surface area (TPSA) is 283 Å². The molecule has 0 aromatic heterocycles. The number of ether oxygens (including phenoxy) is 5. The minimum atomic E-state index is -1.37. The van der Waals surface area contributed by atoms with Gasteiger partial charge in [-0.25, -0.2) is 4.79 Å². The van der Waals surface area contributed by atoms with Crippen LogP contribution in [0.5, 0.6) is 17.2 Å². The summed E-state index contributed by atoms with van der Waals surface area (Å²) in [5.41, 5.74) is 0.0261. The molecule has 0 radical (unpaired) electrons. The van der Waals surface area contributed by atoms with E-state index < -0.39 is 84.9 Å². The van der Waals surface area contributed by atoms with Crippen LogP contribution in [0.2, 0.25) is 0 Å². The first-order valence-corrected chi connectivity index (χ1v) is 30.5. The second-order valence-corrected chi connectivity index (χ2v) is 21.4. The Balaban J connectivity index is 0.000000597. The van der Waals surface area contributed by atoms with Crippen molar-refractivity contribution in [1.82, 2.24) is 0 Å². The number of esters is 2. The number of aromatic hydroxyl groups is 3. The zero-order chi connectivity index (χ0) is 57.6. The van der Waals surface area contributed by atoms with Crippen LogP contribution in [0.25, 0.3) is 0 Å². The summed E-state index contributed by atoms with van der Waals surface area (Å²) in [4.78, 5) is 23.6. The highest BCUT2D eigenvalue weighted by Gasteiger charge is 2.44. The first kappa shape index (κ1) is 72.9. The van der Waals surface area contributed by atoms with E-state index in [4.69, 9.17) is 28.8 Å². The molecule has 2 saturated heterocycles. The monoisotopic (exact) mass is 1110 g/mol. The summed E-state index contributed by atoms with van der Waals surface area (Å²) in [6, 6.07) is 2.17. The molecular formula is C61H110O17. The number of phenols is 3. The third kappa shape index (κ3) is 34.9. The van der Waals surface area contributed by atoms with E-state index in [1.54, 1.807) is 0 Å². The summed E-state index contributed by atoms with van der Waals surface area (Å²) in [6.45, 7) is 6.74. The number of hydrogen-bond donors (Lipinski definition) is 10. The first-order chi connectivity index (χ1) is 37.7. The molecule has 1 aromatic rings. The molecule has 10 N–H and O–H groups in total. The van der Waals surface area contributed by atoms with Crippen molar-refractivity contribution in [2.45, 2.75) is 294 Å². The normalized spacial score (nSPS) is 21.4. The molecule has 0 amide bonds. The van der Waals surface area contributed by atoms with E-state index in [1.807, 2.05) is 0 Å². The van der Waals surface area contributed by atoms with Gasteiger partial charge in [-0.05, 0) is 57.1 Å². The average molecular weight is 1120 g/mol. The summed E-state index contributed by atoms with van der Waals surface area (Å²) in [6.07, 6.45) is 35.1. The number of hydrogen-bond acceptors (Lipinski definition) is 17. The number of aliphatic hydroxyl groups excluding tert-OH is 7. The number of unbranched alkanes of at least 4 members (excludes halogenated alkanes) is 29. The fourth-order valence-electron chi connectivity index (χ4n) is 9.20. The Morgan fingerprint density at radius 2 is 1.00 bits per heavy atom. The van der Waals surface area contributed by atoms with Gasteiger partial charge < -0.3 is 74.7 Å². The molecule has 2 aliphatic rings. The molecule has 2 aliphatic heterocycles. The van der Waals surface area contributed by atoms with E-state index in [0.29, 0.717) is 19.6 Å². The van der Waals surface area contributed by atoms with Crippen molar-refractivity contribution in [2.75, 3.05) is 33.0 Å². The van der Waals surface area contributed by atoms with Crippen LogP contribution in [0.4, 0.5) is 0 Å². The Kier molecular flexibility index (Phi) is 45.4. The first-order valence-electron chi connectivity index (χ1n) is 30.5. The molecule has 17 heteroatoms. The Labute approximate surface area is 469 Å². The highest BCUT2D eigenvalue weighted by molar-refractivity contribution is 5.91. The van der Waals surface area contributed by atoms with Crippen LogP contribution in [-0.4, -0.2) is 151 Å². The van der Waals surface area contributed by atoms with Crippen molar-refractivity contribution in [2.24, 2.45) is 0 Å². The maximum atomic E-state index is 11.9. The quantitative estimate of drug-likeness (QED) is 0.0126. The summed E-state index contributed by atoms with van der Waals surface area (Å²) in [5.74, 6) is -2.67. The molecule has 0 bridgehead atoms. The molecule has 78 heavy (non-hydrogen) atoms. The van der Waals surface area contributed by atoms with Crippen molar-refractivity contribution in [3.05, 3.63) is 29.8 Å². The van der Waals surface area contributed by atoms with Crippen molar-refractivity contribution < 1.29 is 84.3 Å². The second kappa shape index (κ2) is 48.6. The Morgan fingerprint density at radius 1 is 0.564 bits per heavy atom. The lowest BCUT2D eigenvalue weighted by Gasteiger charge is -2.39. The van der Waals surface area contributed by atoms with Gasteiger partial charge in [-0.3, -0.25) is 4.79 Å². The second-order valence-electron chi connectivity index (χ2n) is 21.4. The number of allylic oxidation sites excluding steroid dienone is 2. The van der Waals surface area contributed by atoms with Crippen LogP contribution < -0.4 is 0 Å². The lowest BCUT2D eigenvalue weighted by molar-refractivity contribution is -0.301. The van der Waals surface area contributed by atoms with Crippen molar-refractivity contribution in [3.63, 3.8) is 0 Å². The molecule has 3 rings (SSSR count). The largest absolute Gasteiger partial charge is 0.504 e. The smallest absolute Gasteiger partial charge is 0.338 e. The molecule has 9 unspecified atom stereocenters. The number of carbonyl (C=O) groups is 2. The number of carbonyl (C=O) groups excluding carboxylic acids is 2. The lowest BCUT2D eigenvalue weighted by atomic mass is 9.99. The van der Waals surface area contributed by atoms with Crippen molar-refractivity contribution in [1.29, 1.82) is 0 Å². The molecule has 456 valence electrons. The van der Waals surface area contributed by atoms with Gasteiger partial charge in [0.15, 0.2) is 23.5 Å². The van der Waals surface area contributed by atoms with E-state index in [1.165, 1.54) is 148 Å². The molecule has 0 aliphatic carbocycles. The van der Waals surface area contributed by atoms with Crippen LogP contribution in [0.3, 0.4) is 0 Å². The minimum Gasteiger partial charge on any atom is -0.504 e. The highest BCUT2D eigenvalue weighted by Crippen LogP contribution is 2.35. The summed E-state index contributed by atoms with van der Waals surface area (Å²) < 4.78 is 25.9. The van der Waals surface area contributed by atoms with Gasteiger partial charge in [0.05, 0.1) is 25.4 Å². The van der Waals surface area contributed by atoms with Gasteiger partial charge in [0.2, 0.25) is 0 Å². The number of aliphatic hydroxyl groups is 7. The Morgan fingerprint density at radius 3 is 1.45 bits per heavy atom. The summed E-state index contributed by atoms with van der Waals surface area (Å²) >= 11 is 0. The van der Waals surface area contributed by atoms with E-state index in [-0.39, 0.29) is 24.7 Å². The average Bonchev–Trinajstić information content (AvgIpc) is 3.79. The Hall–Kier alpha value is -3.10. The standard InChI is InChI=1S/C24H44O6.C23H38O5.C14H28O6/c1-2-3-4-5-6-7-8-9-10-11-12-13-14-15-16-17-22(27)29-19-21(26)24-23(28)20(25)18-30-24;1-2-3-4-5-6-7-8-9-10-11-12-13-14-15-16-28-23(27)19-17-20(24)22(26)21(25)18-19;1-2-3-4-5-6-7-8-19-14-13(18)12(17)11(16)10(9-15)20-14/h9-10,20-21,23-26,28H,2-8,11-19H2,1H3;17-18,24-26H,2-16H2,1H3;10-18H,2-9H2,1H3/b10-9-;;. The van der Waals surface area contributed by atoms with Crippen LogP contribution in [0.15, 0.2) is 24.3 Å². The summed E-state index contributed by atoms with van der Waals surface area (Å²) in [5, 5.41) is 95.1. The van der Waals surface area contributed by atoms with Crippen LogP contribution in [0, 0.1) is 0 Å². The van der Waals surface area contributed by atoms with Gasteiger partial charge in [-0.2, -0.15) is 0 Å². The third-order valence-electron chi connectivity index (χ3n) is 14.3. The molecule has 2 heterocycles. The highest BCUT2D eigenvalue weighted by atomic mass is 16.7. The molecular weight excluding hydrogens is 1000 g/mol. The molecule has 0 spiro atoms. The van der Waals surface area contributed by atoms with Gasteiger partial charge in [0, 0.05) is 13.0 Å². The SMILES string of the molecule is CCCCCCCC/C=C\CCCCCCCC(=O)OCC(O)C1OCC(O)C1O.CCCCCCCCCCCCCCCCOC(=O)c1cc(O)c(O)c(O)c1.CCCCCCCCOC1OC(CO)C(O)C(O)C1O. The van der Waals surface area contributed by atoms with E-state index in [2.05, 4.69) is 32.9 Å². The van der Waals surface area contributed by atoms with Gasteiger partial charge in [-0.1, -0.05) is 200 Å². The van der Waals surface area contributed by atoms with Crippen LogP contribution in [0.1, 0.15) is 249 Å². The van der Waals surface area contributed by atoms with Crippen molar-refractivity contribution >= 4 is 11.9 Å². The predicted octanol–water partition coefficient (Wildman–Crippen LogP) is 10.7. The predicted molar refractivity (Wildman–Crippen MR) is 303 cm³/mol. The zero-order valence-electron chi connectivity index (χ0n) is 48.4.